The Morgan fingerprint density at radius 1 is 1.18 bits per heavy atom. The summed E-state index contributed by atoms with van der Waals surface area (Å²) in [7, 11) is 1.18. The fraction of sp³-hybridized carbons (Fsp3) is 0.476. The molecule has 5 rings (SSSR count). The van der Waals surface area contributed by atoms with Crippen molar-refractivity contribution in [2.75, 3.05) is 24.5 Å². The molecule has 2 atom stereocenters. The zero-order valence-corrected chi connectivity index (χ0v) is 18.5. The molecule has 2 fully saturated rings. The second-order valence-electron chi connectivity index (χ2n) is 8.58. The highest BCUT2D eigenvalue weighted by atomic mass is 35.5. The van der Waals surface area contributed by atoms with E-state index in [1.165, 1.54) is 7.05 Å². The molecule has 1 aromatic carbocycles. The molecule has 2 aliphatic heterocycles. The molecule has 1 N–H and O–H groups in total. The zero-order valence-electron chi connectivity index (χ0n) is 17.8. The van der Waals surface area contributed by atoms with Gasteiger partial charge in [-0.25, -0.2) is 4.79 Å². The van der Waals surface area contributed by atoms with Gasteiger partial charge in [0.1, 0.15) is 6.54 Å². The minimum atomic E-state index is -4.66. The lowest BCUT2D eigenvalue weighted by molar-refractivity contribution is -0.140. The van der Waals surface area contributed by atoms with Crippen molar-refractivity contribution in [3.8, 4) is 0 Å². The SMILES string of the molecule is Cn1c(=O)c2c(nc(N3CCC4CNCC43)n2Cc2ccccc2Cl)n(CC(F)(F)F)c1=O. The number of benzene rings is 1. The highest BCUT2D eigenvalue weighted by molar-refractivity contribution is 6.31. The number of imidazole rings is 1. The molecule has 4 heterocycles. The summed E-state index contributed by atoms with van der Waals surface area (Å²) in [5.41, 5.74) is -1.38. The Morgan fingerprint density at radius 2 is 1.94 bits per heavy atom. The molecule has 0 bridgehead atoms. The summed E-state index contributed by atoms with van der Waals surface area (Å²) in [5.74, 6) is 0.763. The van der Waals surface area contributed by atoms with Gasteiger partial charge < -0.3 is 10.2 Å². The maximum absolute atomic E-state index is 13.3. The van der Waals surface area contributed by atoms with Crippen LogP contribution in [0.2, 0.25) is 5.02 Å². The summed E-state index contributed by atoms with van der Waals surface area (Å²) in [6.45, 7) is 0.825. The highest BCUT2D eigenvalue weighted by Gasteiger charge is 2.40. The predicted octanol–water partition coefficient (Wildman–Crippen LogP) is 1.96. The number of anilines is 1. The molecule has 0 saturated carbocycles. The minimum Gasteiger partial charge on any atom is -0.338 e. The molecule has 0 aliphatic carbocycles. The number of nitrogens with one attached hydrogen (secondary N) is 1. The van der Waals surface area contributed by atoms with Crippen molar-refractivity contribution in [1.82, 2.24) is 24.0 Å². The third-order valence-electron chi connectivity index (χ3n) is 6.54. The second-order valence-corrected chi connectivity index (χ2v) is 8.98. The van der Waals surface area contributed by atoms with Gasteiger partial charge in [0, 0.05) is 37.7 Å². The van der Waals surface area contributed by atoms with Crippen molar-refractivity contribution in [2.24, 2.45) is 13.0 Å². The average Bonchev–Trinajstić information content (AvgIpc) is 3.45. The van der Waals surface area contributed by atoms with Crippen LogP contribution in [0.5, 0.6) is 0 Å². The topological polar surface area (TPSA) is 77.1 Å². The van der Waals surface area contributed by atoms with E-state index in [1.54, 1.807) is 28.8 Å². The number of halogens is 4. The lowest BCUT2D eigenvalue weighted by atomic mass is 10.1. The van der Waals surface area contributed by atoms with Gasteiger partial charge in [0.15, 0.2) is 11.2 Å². The number of rotatable bonds is 4. The Bertz CT molecular complexity index is 1340. The van der Waals surface area contributed by atoms with Crippen LogP contribution in [0.4, 0.5) is 19.1 Å². The quantitative estimate of drug-likeness (QED) is 0.615. The third-order valence-corrected chi connectivity index (χ3v) is 6.90. The summed E-state index contributed by atoms with van der Waals surface area (Å²) < 4.78 is 42.9. The van der Waals surface area contributed by atoms with Gasteiger partial charge in [0.25, 0.3) is 5.56 Å². The molecule has 3 aromatic rings. The van der Waals surface area contributed by atoms with E-state index in [0.29, 0.717) is 44.7 Å². The largest absolute Gasteiger partial charge is 0.406 e. The first-order chi connectivity index (χ1) is 15.7. The number of fused-ring (bicyclic) bond motifs is 2. The summed E-state index contributed by atoms with van der Waals surface area (Å²) >= 11 is 6.36. The van der Waals surface area contributed by atoms with Crippen molar-refractivity contribution in [3.63, 3.8) is 0 Å². The van der Waals surface area contributed by atoms with Crippen LogP contribution in [0.15, 0.2) is 33.9 Å². The van der Waals surface area contributed by atoms with Crippen molar-refractivity contribution in [3.05, 3.63) is 55.7 Å². The Morgan fingerprint density at radius 3 is 2.67 bits per heavy atom. The maximum atomic E-state index is 13.3. The molecular weight excluding hydrogens is 461 g/mol. The fourth-order valence-corrected chi connectivity index (χ4v) is 5.13. The van der Waals surface area contributed by atoms with E-state index in [9.17, 15) is 22.8 Å². The number of hydrogen-bond acceptors (Lipinski definition) is 5. The summed E-state index contributed by atoms with van der Waals surface area (Å²) in [6.07, 6.45) is -3.75. The van der Waals surface area contributed by atoms with Gasteiger partial charge in [-0.3, -0.25) is 18.5 Å². The number of aromatic nitrogens is 4. The molecule has 2 saturated heterocycles. The predicted molar refractivity (Wildman–Crippen MR) is 118 cm³/mol. The van der Waals surface area contributed by atoms with Gasteiger partial charge in [0.2, 0.25) is 5.95 Å². The van der Waals surface area contributed by atoms with Crippen LogP contribution in [0, 0.1) is 5.92 Å². The Labute approximate surface area is 191 Å². The lowest BCUT2D eigenvalue weighted by Crippen LogP contribution is -2.41. The fourth-order valence-electron chi connectivity index (χ4n) is 4.93. The summed E-state index contributed by atoms with van der Waals surface area (Å²) in [6, 6.07) is 7.18. The molecule has 2 aromatic heterocycles. The number of alkyl halides is 3. The van der Waals surface area contributed by atoms with Crippen LogP contribution in [0.25, 0.3) is 11.2 Å². The normalized spacial score (nSPS) is 20.7. The molecule has 33 heavy (non-hydrogen) atoms. The molecule has 0 radical (unpaired) electrons. The molecule has 12 heteroatoms. The van der Waals surface area contributed by atoms with Crippen LogP contribution in [0.1, 0.15) is 12.0 Å². The first kappa shape index (κ1) is 22.0. The first-order valence-electron chi connectivity index (χ1n) is 10.6. The monoisotopic (exact) mass is 482 g/mol. The Balaban J connectivity index is 1.78. The van der Waals surface area contributed by atoms with Gasteiger partial charge in [-0.2, -0.15) is 18.2 Å². The van der Waals surface area contributed by atoms with Crippen LogP contribution in [0.3, 0.4) is 0 Å². The molecule has 2 aliphatic rings. The van der Waals surface area contributed by atoms with Gasteiger partial charge in [-0.1, -0.05) is 29.8 Å². The summed E-state index contributed by atoms with van der Waals surface area (Å²) in [4.78, 5) is 32.3. The van der Waals surface area contributed by atoms with Gasteiger partial charge in [-0.05, 0) is 24.0 Å². The van der Waals surface area contributed by atoms with E-state index in [4.69, 9.17) is 11.6 Å². The van der Waals surface area contributed by atoms with Crippen molar-refractivity contribution in [2.45, 2.75) is 31.7 Å². The molecule has 0 amide bonds. The van der Waals surface area contributed by atoms with Gasteiger partial charge in [0.05, 0.1) is 6.54 Å². The molecular formula is C21H22ClF3N6O2. The lowest BCUT2D eigenvalue weighted by Gasteiger charge is -2.25. The molecule has 176 valence electrons. The van der Waals surface area contributed by atoms with E-state index < -0.39 is 24.0 Å². The van der Waals surface area contributed by atoms with Crippen LogP contribution in [-0.4, -0.2) is 50.5 Å². The Hall–Kier alpha value is -2.79. The number of hydrogen-bond donors (Lipinski definition) is 1. The van der Waals surface area contributed by atoms with Crippen LogP contribution >= 0.6 is 11.6 Å². The third kappa shape index (κ3) is 3.72. The zero-order chi connectivity index (χ0) is 23.5. The molecule has 2 unspecified atom stereocenters. The van der Waals surface area contributed by atoms with Crippen LogP contribution < -0.4 is 21.5 Å². The van der Waals surface area contributed by atoms with E-state index in [-0.39, 0.29) is 23.8 Å². The number of nitrogens with zero attached hydrogens (tertiary/aromatic N) is 5. The van der Waals surface area contributed by atoms with E-state index in [0.717, 1.165) is 13.0 Å². The Kier molecular flexibility index (Phi) is 5.28. The van der Waals surface area contributed by atoms with Crippen molar-refractivity contribution in [1.29, 1.82) is 0 Å². The standard InChI is InChI=1S/C21H22ClF3N6O2/c1-28-18(32)16-17(31(20(28)33)11-21(23,24)25)27-19(29-7-6-12-8-26-9-15(12)29)30(16)10-13-4-2-3-5-14(13)22/h2-5,12,15,26H,6-11H2,1H3. The van der Waals surface area contributed by atoms with Gasteiger partial charge >= 0.3 is 11.9 Å². The van der Waals surface area contributed by atoms with Crippen LogP contribution in [-0.2, 0) is 20.1 Å². The van der Waals surface area contributed by atoms with E-state index in [2.05, 4.69) is 10.3 Å². The second kappa shape index (κ2) is 7.91. The van der Waals surface area contributed by atoms with Crippen molar-refractivity contribution < 1.29 is 13.2 Å². The molecule has 0 spiro atoms. The summed E-state index contributed by atoms with van der Waals surface area (Å²) in [5, 5.41) is 3.80. The average molecular weight is 483 g/mol. The smallest absolute Gasteiger partial charge is 0.338 e. The molecule has 8 nitrogen and oxygen atoms in total. The van der Waals surface area contributed by atoms with E-state index >= 15 is 0 Å². The van der Waals surface area contributed by atoms with Gasteiger partial charge in [-0.15, -0.1) is 0 Å². The maximum Gasteiger partial charge on any atom is 0.406 e. The first-order valence-corrected chi connectivity index (χ1v) is 11.0. The highest BCUT2D eigenvalue weighted by Crippen LogP contribution is 2.34. The van der Waals surface area contributed by atoms with Crippen molar-refractivity contribution >= 4 is 28.7 Å². The minimum absolute atomic E-state index is 0.0503. The van der Waals surface area contributed by atoms with E-state index in [1.807, 2.05) is 4.90 Å².